The normalized spacial score (nSPS) is 10.7. The molecule has 1 aromatic heterocycles. The number of carbonyl (C=O) groups excluding carboxylic acids is 1. The lowest BCUT2D eigenvalue weighted by molar-refractivity contribution is -0.113. The van der Waals surface area contributed by atoms with Gasteiger partial charge in [0.15, 0.2) is 11.0 Å². The fourth-order valence-electron chi connectivity index (χ4n) is 3.19. The number of benzene rings is 2. The Balaban J connectivity index is 1.55. The fraction of sp³-hybridized carbons (Fsp3) is 0.348. The van der Waals surface area contributed by atoms with Gasteiger partial charge in [0.2, 0.25) is 5.91 Å². The van der Waals surface area contributed by atoms with Crippen LogP contribution in [-0.4, -0.2) is 33.0 Å². The number of rotatable bonds is 10. The Morgan fingerprint density at radius 3 is 2.55 bits per heavy atom. The lowest BCUT2D eigenvalue weighted by atomic mass is 10.1. The first kappa shape index (κ1) is 22.7. The van der Waals surface area contributed by atoms with E-state index in [1.165, 1.54) is 22.9 Å². The predicted molar refractivity (Wildman–Crippen MR) is 126 cm³/mol. The molecule has 0 saturated carbocycles. The topological polar surface area (TPSA) is 81.1 Å². The van der Waals surface area contributed by atoms with E-state index in [0.717, 1.165) is 34.6 Å². The molecular weight excluding hydrogens is 410 g/mol. The maximum atomic E-state index is 12.3. The average Bonchev–Trinajstić information content (AvgIpc) is 3.15. The molecule has 0 unspecified atom stereocenters. The maximum Gasteiger partial charge on any atom is 0.234 e. The molecule has 0 aliphatic carbocycles. The summed E-state index contributed by atoms with van der Waals surface area (Å²) in [5.41, 5.74) is 4.26. The Labute approximate surface area is 187 Å². The van der Waals surface area contributed by atoms with Crippen LogP contribution in [0.5, 0.6) is 5.75 Å². The van der Waals surface area contributed by atoms with Crippen LogP contribution in [-0.2, 0) is 17.9 Å². The van der Waals surface area contributed by atoms with E-state index in [1.54, 1.807) is 0 Å². The molecule has 1 amide bonds. The number of nitrogens with zero attached hydrogens (tertiary/aromatic N) is 3. The molecule has 0 spiro atoms. The summed E-state index contributed by atoms with van der Waals surface area (Å²) in [6.45, 7) is 10.1. The number of nitrogens with one attached hydrogen (secondary N) is 2. The number of anilines is 2. The van der Waals surface area contributed by atoms with Crippen molar-refractivity contribution >= 4 is 29.0 Å². The second-order valence-electron chi connectivity index (χ2n) is 7.11. The van der Waals surface area contributed by atoms with Crippen molar-refractivity contribution in [3.8, 4) is 5.75 Å². The Morgan fingerprint density at radius 1 is 1.10 bits per heavy atom. The number of aryl methyl sites for hydroxylation is 2. The number of aromatic nitrogens is 3. The second-order valence-corrected chi connectivity index (χ2v) is 8.05. The summed E-state index contributed by atoms with van der Waals surface area (Å²) >= 11 is 1.38. The van der Waals surface area contributed by atoms with Gasteiger partial charge < -0.3 is 19.9 Å². The Morgan fingerprint density at radius 2 is 1.87 bits per heavy atom. The standard InChI is InChI=1S/C23H29N5O2S/c1-5-28-21(14-24-20-12-7-16(3)13-17(20)4)26-27-23(28)31-15-22(29)25-18-8-10-19(11-9-18)30-6-2/h7-13,24H,5-6,14-15H2,1-4H3,(H,25,29). The molecule has 0 fully saturated rings. The van der Waals surface area contributed by atoms with Crippen LogP contribution in [0.4, 0.5) is 11.4 Å². The highest BCUT2D eigenvalue weighted by atomic mass is 32.2. The first-order valence-corrected chi connectivity index (χ1v) is 11.4. The summed E-state index contributed by atoms with van der Waals surface area (Å²) < 4.78 is 7.45. The van der Waals surface area contributed by atoms with Gasteiger partial charge in [-0.3, -0.25) is 4.79 Å². The number of ether oxygens (including phenoxy) is 1. The van der Waals surface area contributed by atoms with Gasteiger partial charge in [0, 0.05) is 17.9 Å². The van der Waals surface area contributed by atoms with Crippen molar-refractivity contribution in [2.75, 3.05) is 23.0 Å². The second kappa shape index (κ2) is 10.9. The van der Waals surface area contributed by atoms with Gasteiger partial charge in [0.05, 0.1) is 18.9 Å². The van der Waals surface area contributed by atoms with E-state index in [-0.39, 0.29) is 11.7 Å². The number of thioether (sulfide) groups is 1. The molecule has 31 heavy (non-hydrogen) atoms. The molecule has 164 valence electrons. The van der Waals surface area contributed by atoms with Crippen molar-refractivity contribution < 1.29 is 9.53 Å². The molecule has 1 heterocycles. The van der Waals surface area contributed by atoms with E-state index < -0.39 is 0 Å². The number of hydrogen-bond acceptors (Lipinski definition) is 6. The van der Waals surface area contributed by atoms with E-state index in [2.05, 4.69) is 52.9 Å². The molecule has 0 saturated heterocycles. The van der Waals surface area contributed by atoms with E-state index in [9.17, 15) is 4.79 Å². The summed E-state index contributed by atoms with van der Waals surface area (Å²) in [6.07, 6.45) is 0. The maximum absolute atomic E-state index is 12.3. The highest BCUT2D eigenvalue weighted by molar-refractivity contribution is 7.99. The van der Waals surface area contributed by atoms with Crippen molar-refractivity contribution in [1.29, 1.82) is 0 Å². The van der Waals surface area contributed by atoms with Gasteiger partial charge in [-0.05, 0) is 63.6 Å². The summed E-state index contributed by atoms with van der Waals surface area (Å²) in [5, 5.41) is 15.7. The molecule has 0 atom stereocenters. The fourth-order valence-corrected chi connectivity index (χ4v) is 4.01. The SMILES string of the molecule is CCOc1ccc(NC(=O)CSc2nnc(CNc3ccc(C)cc3C)n2CC)cc1. The summed E-state index contributed by atoms with van der Waals surface area (Å²) in [4.78, 5) is 12.3. The van der Waals surface area contributed by atoms with Gasteiger partial charge in [0.1, 0.15) is 5.75 Å². The smallest absolute Gasteiger partial charge is 0.234 e. The van der Waals surface area contributed by atoms with E-state index in [0.29, 0.717) is 13.2 Å². The number of amides is 1. The summed E-state index contributed by atoms with van der Waals surface area (Å²) in [6, 6.07) is 13.7. The van der Waals surface area contributed by atoms with E-state index >= 15 is 0 Å². The third-order valence-electron chi connectivity index (χ3n) is 4.71. The minimum Gasteiger partial charge on any atom is -0.494 e. The minimum absolute atomic E-state index is 0.0882. The third kappa shape index (κ3) is 6.24. The summed E-state index contributed by atoms with van der Waals surface area (Å²) in [7, 11) is 0. The molecule has 2 N–H and O–H groups in total. The average molecular weight is 440 g/mol. The van der Waals surface area contributed by atoms with E-state index in [4.69, 9.17) is 4.74 Å². The summed E-state index contributed by atoms with van der Waals surface area (Å²) in [5.74, 6) is 1.80. The molecule has 0 bridgehead atoms. The molecular formula is C23H29N5O2S. The van der Waals surface area contributed by atoms with Gasteiger partial charge >= 0.3 is 0 Å². The lowest BCUT2D eigenvalue weighted by Gasteiger charge is -2.11. The Hall–Kier alpha value is -3.00. The van der Waals surface area contributed by atoms with Crippen molar-refractivity contribution in [2.45, 2.75) is 45.9 Å². The number of hydrogen-bond donors (Lipinski definition) is 2. The van der Waals surface area contributed by atoms with Crippen LogP contribution in [0.25, 0.3) is 0 Å². The monoisotopic (exact) mass is 439 g/mol. The molecule has 2 aromatic carbocycles. The molecule has 0 aliphatic rings. The molecule has 0 aliphatic heterocycles. The lowest BCUT2D eigenvalue weighted by Crippen LogP contribution is -2.15. The van der Waals surface area contributed by atoms with Crippen LogP contribution in [0.15, 0.2) is 47.6 Å². The zero-order valence-electron chi connectivity index (χ0n) is 18.4. The first-order valence-electron chi connectivity index (χ1n) is 10.4. The van der Waals surface area contributed by atoms with Crippen LogP contribution in [0.3, 0.4) is 0 Å². The van der Waals surface area contributed by atoms with Crippen LogP contribution >= 0.6 is 11.8 Å². The van der Waals surface area contributed by atoms with Gasteiger partial charge in [-0.1, -0.05) is 29.5 Å². The van der Waals surface area contributed by atoms with Crippen LogP contribution in [0.2, 0.25) is 0 Å². The third-order valence-corrected chi connectivity index (χ3v) is 5.68. The van der Waals surface area contributed by atoms with Crippen molar-refractivity contribution in [1.82, 2.24) is 14.8 Å². The Kier molecular flexibility index (Phi) is 7.94. The van der Waals surface area contributed by atoms with Crippen molar-refractivity contribution in [2.24, 2.45) is 0 Å². The molecule has 8 heteroatoms. The Bertz CT molecular complexity index is 1020. The van der Waals surface area contributed by atoms with Gasteiger partial charge in [-0.25, -0.2) is 0 Å². The zero-order valence-corrected chi connectivity index (χ0v) is 19.3. The molecule has 3 rings (SSSR count). The first-order chi connectivity index (χ1) is 15.0. The van der Waals surface area contributed by atoms with Crippen LogP contribution < -0.4 is 15.4 Å². The van der Waals surface area contributed by atoms with Crippen molar-refractivity contribution in [3.63, 3.8) is 0 Å². The van der Waals surface area contributed by atoms with Crippen molar-refractivity contribution in [3.05, 3.63) is 59.4 Å². The van der Waals surface area contributed by atoms with Gasteiger partial charge in [0.25, 0.3) is 0 Å². The highest BCUT2D eigenvalue weighted by Crippen LogP contribution is 2.21. The van der Waals surface area contributed by atoms with Crippen LogP contribution in [0.1, 0.15) is 30.8 Å². The zero-order chi connectivity index (χ0) is 22.2. The van der Waals surface area contributed by atoms with Gasteiger partial charge in [-0.15, -0.1) is 10.2 Å². The largest absolute Gasteiger partial charge is 0.494 e. The van der Waals surface area contributed by atoms with E-state index in [1.807, 2.05) is 42.7 Å². The highest BCUT2D eigenvalue weighted by Gasteiger charge is 2.13. The minimum atomic E-state index is -0.0882. The number of carbonyl (C=O) groups is 1. The molecule has 7 nitrogen and oxygen atoms in total. The van der Waals surface area contributed by atoms with Crippen LogP contribution in [0, 0.1) is 13.8 Å². The predicted octanol–water partition coefficient (Wildman–Crippen LogP) is 4.66. The quantitative estimate of drug-likeness (QED) is 0.447. The molecule has 3 aromatic rings. The molecule has 0 radical (unpaired) electrons. The van der Waals surface area contributed by atoms with Gasteiger partial charge in [-0.2, -0.15) is 0 Å².